The Balaban J connectivity index is 0.00000289. The molecule has 2 heterocycles. The highest BCUT2D eigenvalue weighted by Crippen LogP contribution is 2.39. The van der Waals surface area contributed by atoms with E-state index in [1.165, 1.54) is 41.5 Å². The summed E-state index contributed by atoms with van der Waals surface area (Å²) in [5.41, 5.74) is 0.353. The molecule has 0 radical (unpaired) electrons. The van der Waals surface area contributed by atoms with Gasteiger partial charge in [0.05, 0.1) is 33.7 Å². The van der Waals surface area contributed by atoms with E-state index >= 15 is 0 Å². The Morgan fingerprint density at radius 3 is 2.75 bits per heavy atom. The van der Waals surface area contributed by atoms with Crippen molar-refractivity contribution in [2.24, 2.45) is 0 Å². The van der Waals surface area contributed by atoms with Crippen molar-refractivity contribution in [2.45, 2.75) is 13.0 Å². The summed E-state index contributed by atoms with van der Waals surface area (Å²) in [7, 11) is 1.54. The van der Waals surface area contributed by atoms with Crippen LogP contribution in [0, 0.1) is 5.82 Å². The molecule has 32 heavy (non-hydrogen) atoms. The third-order valence-corrected chi connectivity index (χ3v) is 6.53. The lowest BCUT2D eigenvalue weighted by atomic mass is 10.2. The predicted octanol–water partition coefficient (Wildman–Crippen LogP) is 6.11. The van der Waals surface area contributed by atoms with E-state index < -0.39 is 11.7 Å². The lowest BCUT2D eigenvalue weighted by Gasteiger charge is -2.21. The number of benzene rings is 2. The van der Waals surface area contributed by atoms with Crippen LogP contribution in [0.5, 0.6) is 5.75 Å². The van der Waals surface area contributed by atoms with Gasteiger partial charge in [-0.05, 0) is 30.7 Å². The minimum atomic E-state index is -0.686. The molecule has 4 aromatic rings. The summed E-state index contributed by atoms with van der Waals surface area (Å²) in [6.07, 6.45) is 5.81. The van der Waals surface area contributed by atoms with Gasteiger partial charge >= 0.3 is 0 Å². The van der Waals surface area contributed by atoms with E-state index in [1.54, 1.807) is 24.7 Å². The van der Waals surface area contributed by atoms with Gasteiger partial charge in [0.2, 0.25) is 0 Å². The zero-order chi connectivity index (χ0) is 22.0. The second-order valence-electron chi connectivity index (χ2n) is 6.63. The van der Waals surface area contributed by atoms with Crippen LogP contribution in [0.4, 0.5) is 9.52 Å². The van der Waals surface area contributed by atoms with E-state index in [0.717, 1.165) is 0 Å². The minimum absolute atomic E-state index is 0. The van der Waals surface area contributed by atoms with E-state index in [-0.39, 0.29) is 23.0 Å². The van der Waals surface area contributed by atoms with Gasteiger partial charge in [-0.3, -0.25) is 9.69 Å². The highest BCUT2D eigenvalue weighted by Gasteiger charge is 2.26. The maximum absolute atomic E-state index is 14.5. The van der Waals surface area contributed by atoms with Crippen molar-refractivity contribution < 1.29 is 13.9 Å². The van der Waals surface area contributed by atoms with Gasteiger partial charge < -0.3 is 9.30 Å². The predicted molar refractivity (Wildman–Crippen MR) is 128 cm³/mol. The van der Waals surface area contributed by atoms with Crippen LogP contribution in [0.2, 0.25) is 10.0 Å². The van der Waals surface area contributed by atoms with Gasteiger partial charge in [-0.1, -0.05) is 40.6 Å². The van der Waals surface area contributed by atoms with E-state index in [0.29, 0.717) is 45.6 Å². The number of hydrogen-bond donors (Lipinski definition) is 0. The zero-order valence-corrected chi connectivity index (χ0v) is 19.9. The number of carbonyl (C=O) groups is 1. The Labute approximate surface area is 204 Å². The maximum atomic E-state index is 14.5. The first-order chi connectivity index (χ1) is 15.0. The molecule has 0 bridgehead atoms. The molecule has 0 aliphatic rings. The number of methoxy groups -OCH3 is 1. The second-order valence-corrected chi connectivity index (χ2v) is 8.42. The summed E-state index contributed by atoms with van der Waals surface area (Å²) in [6.45, 7) is 0.922. The molecule has 4 rings (SSSR count). The number of rotatable bonds is 7. The van der Waals surface area contributed by atoms with Crippen molar-refractivity contribution in [2.75, 3.05) is 18.6 Å². The Bertz CT molecular complexity index is 1210. The number of imidazole rings is 1. The lowest BCUT2D eigenvalue weighted by Crippen LogP contribution is -2.33. The first-order valence-corrected chi connectivity index (χ1v) is 10.9. The topological polar surface area (TPSA) is 60.2 Å². The Kier molecular flexibility index (Phi) is 7.95. The smallest absolute Gasteiger partial charge is 0.264 e. The number of thiazole rings is 1. The quantitative estimate of drug-likeness (QED) is 0.298. The van der Waals surface area contributed by atoms with Gasteiger partial charge in [-0.2, -0.15) is 0 Å². The molecule has 11 heteroatoms. The normalized spacial score (nSPS) is 10.8. The molecule has 0 spiro atoms. The molecule has 168 valence electrons. The third kappa shape index (κ3) is 4.83. The first kappa shape index (κ1) is 24.3. The molecule has 0 saturated heterocycles. The van der Waals surface area contributed by atoms with Gasteiger partial charge in [-0.25, -0.2) is 14.4 Å². The summed E-state index contributed by atoms with van der Waals surface area (Å²) in [5, 5.41) is 0.923. The number of hydrogen-bond acceptors (Lipinski definition) is 5. The van der Waals surface area contributed by atoms with Crippen LogP contribution in [0.25, 0.3) is 10.2 Å². The van der Waals surface area contributed by atoms with Crippen LogP contribution in [0.15, 0.2) is 49.1 Å². The first-order valence-electron chi connectivity index (χ1n) is 9.34. The Morgan fingerprint density at radius 1 is 1.25 bits per heavy atom. The molecule has 0 atom stereocenters. The average molecular weight is 516 g/mol. The van der Waals surface area contributed by atoms with E-state index in [1.807, 2.05) is 10.8 Å². The number of nitrogens with zero attached hydrogens (tertiary/aromatic N) is 4. The molecule has 0 unspecified atom stereocenters. The van der Waals surface area contributed by atoms with Crippen molar-refractivity contribution in [3.63, 3.8) is 0 Å². The van der Waals surface area contributed by atoms with Crippen LogP contribution in [0.1, 0.15) is 16.8 Å². The largest absolute Gasteiger partial charge is 0.494 e. The van der Waals surface area contributed by atoms with Crippen LogP contribution in [0.3, 0.4) is 0 Å². The van der Waals surface area contributed by atoms with Gasteiger partial charge in [0.15, 0.2) is 5.13 Å². The Hall–Kier alpha value is -2.39. The standard InChI is InChI=1S/C21H17Cl2FN4O2S.ClH/c1-30-16-7-6-14(23)19-18(16)26-21(31-19)28(10-3-9-27-11-8-25-12-27)20(29)17-13(22)4-2-5-15(17)24;/h2,4-8,11-12H,3,9-10H2,1H3;1H. The second kappa shape index (κ2) is 10.5. The van der Waals surface area contributed by atoms with E-state index in [9.17, 15) is 9.18 Å². The fourth-order valence-electron chi connectivity index (χ4n) is 3.17. The number of aryl methyl sites for hydroxylation is 1. The molecule has 0 N–H and O–H groups in total. The van der Waals surface area contributed by atoms with Gasteiger partial charge in [0.1, 0.15) is 17.1 Å². The van der Waals surface area contributed by atoms with Crippen LogP contribution >= 0.6 is 46.9 Å². The molecule has 0 saturated carbocycles. The highest BCUT2D eigenvalue weighted by molar-refractivity contribution is 7.23. The summed E-state index contributed by atoms with van der Waals surface area (Å²) >= 11 is 13.7. The number of fused-ring (bicyclic) bond motifs is 1. The van der Waals surface area contributed by atoms with Gasteiger partial charge in [0, 0.05) is 25.5 Å². The minimum Gasteiger partial charge on any atom is -0.494 e. The van der Waals surface area contributed by atoms with Crippen LogP contribution < -0.4 is 9.64 Å². The zero-order valence-electron chi connectivity index (χ0n) is 16.8. The number of halogens is 4. The summed E-state index contributed by atoms with van der Waals surface area (Å²) in [4.78, 5) is 23.4. The lowest BCUT2D eigenvalue weighted by molar-refractivity contribution is 0.0982. The van der Waals surface area contributed by atoms with Crippen molar-refractivity contribution in [3.05, 3.63) is 70.5 Å². The van der Waals surface area contributed by atoms with E-state index in [2.05, 4.69) is 9.97 Å². The highest BCUT2D eigenvalue weighted by atomic mass is 35.5. The third-order valence-electron chi connectivity index (χ3n) is 4.68. The molecule has 0 aliphatic heterocycles. The molecule has 1 amide bonds. The molecule has 0 aliphatic carbocycles. The van der Waals surface area contributed by atoms with Crippen molar-refractivity contribution in [3.8, 4) is 5.75 Å². The van der Waals surface area contributed by atoms with Crippen LogP contribution in [-0.2, 0) is 6.54 Å². The van der Waals surface area contributed by atoms with Crippen LogP contribution in [-0.4, -0.2) is 34.1 Å². The van der Waals surface area contributed by atoms with Crippen molar-refractivity contribution in [1.29, 1.82) is 0 Å². The molecule has 2 aromatic carbocycles. The summed E-state index contributed by atoms with van der Waals surface area (Å²) in [5.74, 6) is -0.714. The molecular formula is C21H18Cl3FN4O2S. The monoisotopic (exact) mass is 514 g/mol. The number of carbonyl (C=O) groups excluding carboxylic acids is 1. The number of amides is 1. The number of anilines is 1. The average Bonchev–Trinajstić information content (AvgIpc) is 3.42. The van der Waals surface area contributed by atoms with Crippen molar-refractivity contribution in [1.82, 2.24) is 14.5 Å². The SMILES string of the molecule is COc1ccc(Cl)c2sc(N(CCCn3ccnc3)C(=O)c3c(F)cccc3Cl)nc12.Cl. The summed E-state index contributed by atoms with van der Waals surface area (Å²) < 4.78 is 22.5. The van der Waals surface area contributed by atoms with E-state index in [4.69, 9.17) is 27.9 Å². The fraction of sp³-hybridized carbons (Fsp3) is 0.190. The molecule has 0 fully saturated rings. The molecule has 6 nitrogen and oxygen atoms in total. The van der Waals surface area contributed by atoms with Gasteiger partial charge in [0.25, 0.3) is 5.91 Å². The fourth-order valence-corrected chi connectivity index (χ4v) is 4.70. The molecule has 2 aromatic heterocycles. The van der Waals surface area contributed by atoms with Gasteiger partial charge in [-0.15, -0.1) is 12.4 Å². The number of aromatic nitrogens is 3. The maximum Gasteiger partial charge on any atom is 0.264 e. The number of ether oxygens (including phenoxy) is 1. The van der Waals surface area contributed by atoms with Crippen molar-refractivity contribution >= 4 is 68.2 Å². The summed E-state index contributed by atoms with van der Waals surface area (Å²) in [6, 6.07) is 7.58. The molecular weight excluding hydrogens is 498 g/mol. The Morgan fingerprint density at radius 2 is 2.06 bits per heavy atom.